The van der Waals surface area contributed by atoms with E-state index in [4.69, 9.17) is 0 Å². The molecule has 0 N–H and O–H groups in total. The quantitative estimate of drug-likeness (QED) is 0.811. The van der Waals surface area contributed by atoms with Crippen molar-refractivity contribution in [3.8, 4) is 0 Å². The minimum atomic E-state index is 0.241. The Kier molecular flexibility index (Phi) is 5.36. The van der Waals surface area contributed by atoms with Crippen LogP contribution in [0, 0.1) is 11.8 Å². The minimum Gasteiger partial charge on any atom is -0.299 e. The van der Waals surface area contributed by atoms with Gasteiger partial charge in [0.15, 0.2) is 0 Å². The van der Waals surface area contributed by atoms with E-state index >= 15 is 0 Å². The minimum absolute atomic E-state index is 0.241. The van der Waals surface area contributed by atoms with E-state index in [9.17, 15) is 4.79 Å². The van der Waals surface area contributed by atoms with E-state index in [-0.39, 0.29) is 5.92 Å². The third kappa shape index (κ3) is 4.17. The van der Waals surface area contributed by atoms with Crippen molar-refractivity contribution >= 4 is 5.78 Å². The molecule has 0 radical (unpaired) electrons. The van der Waals surface area contributed by atoms with Gasteiger partial charge in [0.25, 0.3) is 0 Å². The number of ketones is 1. The van der Waals surface area contributed by atoms with E-state index in [2.05, 4.69) is 56.0 Å². The summed E-state index contributed by atoms with van der Waals surface area (Å²) in [4.78, 5) is 14.6. The van der Waals surface area contributed by atoms with Crippen molar-refractivity contribution < 1.29 is 4.79 Å². The van der Waals surface area contributed by atoms with Gasteiger partial charge < -0.3 is 0 Å². The molecular weight excluding hydrogens is 246 g/mol. The second-order valence-corrected chi connectivity index (χ2v) is 6.55. The number of Topliss-reactive ketones (excluding diaryl/α,β-unsaturated/α-hetero) is 1. The van der Waals surface area contributed by atoms with Gasteiger partial charge in [0, 0.05) is 31.5 Å². The molecule has 1 aromatic rings. The van der Waals surface area contributed by atoms with E-state index < -0.39 is 0 Å². The van der Waals surface area contributed by atoms with Crippen LogP contribution in [0.2, 0.25) is 0 Å². The number of carbonyl (C=O) groups is 1. The van der Waals surface area contributed by atoms with Crippen molar-refractivity contribution in [3.63, 3.8) is 0 Å². The summed E-state index contributed by atoms with van der Waals surface area (Å²) in [6, 6.07) is 11.0. The second-order valence-electron chi connectivity index (χ2n) is 6.55. The Labute approximate surface area is 123 Å². The van der Waals surface area contributed by atoms with E-state index in [0.717, 1.165) is 32.4 Å². The molecule has 1 aliphatic carbocycles. The van der Waals surface area contributed by atoms with Gasteiger partial charge in [0.2, 0.25) is 0 Å². The first-order valence-electron chi connectivity index (χ1n) is 7.87. The number of rotatable bonds is 5. The molecule has 1 fully saturated rings. The molecule has 2 atom stereocenters. The van der Waals surface area contributed by atoms with Crippen LogP contribution in [0.15, 0.2) is 30.3 Å². The fourth-order valence-corrected chi connectivity index (χ4v) is 3.06. The average molecular weight is 273 g/mol. The molecule has 0 aliphatic heterocycles. The first kappa shape index (κ1) is 15.2. The fourth-order valence-electron chi connectivity index (χ4n) is 3.06. The Bertz CT molecular complexity index is 426. The van der Waals surface area contributed by atoms with Crippen LogP contribution in [0.25, 0.3) is 0 Å². The summed E-state index contributed by atoms with van der Waals surface area (Å²) in [6.45, 7) is 8.57. The third-order valence-electron chi connectivity index (χ3n) is 4.44. The van der Waals surface area contributed by atoms with Gasteiger partial charge in [-0.05, 0) is 38.2 Å². The Balaban J connectivity index is 2.00. The molecule has 2 rings (SSSR count). The first-order chi connectivity index (χ1) is 9.56. The largest absolute Gasteiger partial charge is 0.299 e. The molecule has 0 heterocycles. The topological polar surface area (TPSA) is 20.3 Å². The van der Waals surface area contributed by atoms with Gasteiger partial charge in [-0.15, -0.1) is 0 Å². The summed E-state index contributed by atoms with van der Waals surface area (Å²) >= 11 is 0. The molecule has 2 heteroatoms. The standard InChI is InChI=1S/C18H27NO/c1-14(2)19(12-16-7-5-4-6-8-16)13-17-11-15(3)9-10-18(17)20/h4-8,14-15,17H,9-13H2,1-3H3. The van der Waals surface area contributed by atoms with Gasteiger partial charge in [-0.1, -0.05) is 37.3 Å². The monoisotopic (exact) mass is 273 g/mol. The molecule has 0 amide bonds. The normalized spacial score (nSPS) is 23.6. The molecular formula is C18H27NO. The van der Waals surface area contributed by atoms with Gasteiger partial charge in [-0.25, -0.2) is 0 Å². The molecule has 2 unspecified atom stereocenters. The van der Waals surface area contributed by atoms with Crippen LogP contribution >= 0.6 is 0 Å². The lowest BCUT2D eigenvalue weighted by atomic mass is 9.81. The van der Waals surface area contributed by atoms with Crippen LogP contribution in [-0.2, 0) is 11.3 Å². The predicted octanol–water partition coefficient (Wildman–Crippen LogP) is 3.90. The van der Waals surface area contributed by atoms with Gasteiger partial charge in [0.1, 0.15) is 5.78 Å². The Morgan fingerprint density at radius 1 is 1.25 bits per heavy atom. The summed E-state index contributed by atoms with van der Waals surface area (Å²) in [5.74, 6) is 1.41. The zero-order chi connectivity index (χ0) is 14.5. The maximum atomic E-state index is 12.1. The molecule has 110 valence electrons. The highest BCUT2D eigenvalue weighted by atomic mass is 16.1. The molecule has 2 nitrogen and oxygen atoms in total. The second kappa shape index (κ2) is 7.03. The molecule has 1 aliphatic rings. The zero-order valence-corrected chi connectivity index (χ0v) is 13.0. The van der Waals surface area contributed by atoms with Crippen molar-refractivity contribution in [1.29, 1.82) is 0 Å². The lowest BCUT2D eigenvalue weighted by molar-refractivity contribution is -0.126. The highest BCUT2D eigenvalue weighted by Gasteiger charge is 2.28. The summed E-state index contributed by atoms with van der Waals surface area (Å²) < 4.78 is 0. The van der Waals surface area contributed by atoms with Gasteiger partial charge in [-0.2, -0.15) is 0 Å². The molecule has 0 saturated heterocycles. The lowest BCUT2D eigenvalue weighted by Crippen LogP contribution is -2.39. The van der Waals surface area contributed by atoms with Gasteiger partial charge >= 0.3 is 0 Å². The summed E-state index contributed by atoms with van der Waals surface area (Å²) in [7, 11) is 0. The molecule has 0 aromatic heterocycles. The number of hydrogen-bond acceptors (Lipinski definition) is 2. The number of benzene rings is 1. The van der Waals surface area contributed by atoms with Crippen LogP contribution in [0.3, 0.4) is 0 Å². The molecule has 0 spiro atoms. The highest BCUT2D eigenvalue weighted by molar-refractivity contribution is 5.81. The smallest absolute Gasteiger partial charge is 0.137 e. The van der Waals surface area contributed by atoms with Gasteiger partial charge in [-0.3, -0.25) is 9.69 Å². The van der Waals surface area contributed by atoms with Crippen LogP contribution in [0.1, 0.15) is 45.6 Å². The van der Waals surface area contributed by atoms with E-state index in [1.165, 1.54) is 5.56 Å². The highest BCUT2D eigenvalue weighted by Crippen LogP contribution is 2.27. The molecule has 20 heavy (non-hydrogen) atoms. The van der Waals surface area contributed by atoms with E-state index in [1.807, 2.05) is 0 Å². The third-order valence-corrected chi connectivity index (χ3v) is 4.44. The van der Waals surface area contributed by atoms with E-state index in [0.29, 0.717) is 17.7 Å². The van der Waals surface area contributed by atoms with Crippen LogP contribution in [-0.4, -0.2) is 23.3 Å². The Hall–Kier alpha value is -1.15. The SMILES string of the molecule is CC1CCC(=O)C(CN(Cc2ccccc2)C(C)C)C1. The number of hydrogen-bond donors (Lipinski definition) is 0. The van der Waals surface area contributed by atoms with Crippen LogP contribution in [0.5, 0.6) is 0 Å². The van der Waals surface area contributed by atoms with Crippen molar-refractivity contribution in [2.75, 3.05) is 6.54 Å². The van der Waals surface area contributed by atoms with Crippen molar-refractivity contribution in [2.24, 2.45) is 11.8 Å². The number of nitrogens with zero attached hydrogens (tertiary/aromatic N) is 1. The molecule has 1 saturated carbocycles. The van der Waals surface area contributed by atoms with E-state index in [1.54, 1.807) is 0 Å². The first-order valence-corrected chi connectivity index (χ1v) is 7.87. The summed E-state index contributed by atoms with van der Waals surface area (Å²) in [5.41, 5.74) is 1.33. The predicted molar refractivity (Wildman–Crippen MR) is 83.5 cm³/mol. The lowest BCUT2D eigenvalue weighted by Gasteiger charge is -2.33. The molecule has 0 bridgehead atoms. The van der Waals surface area contributed by atoms with Crippen molar-refractivity contribution in [2.45, 2.75) is 52.6 Å². The maximum Gasteiger partial charge on any atom is 0.137 e. The Morgan fingerprint density at radius 2 is 1.95 bits per heavy atom. The van der Waals surface area contributed by atoms with Crippen LogP contribution in [0.4, 0.5) is 0 Å². The zero-order valence-electron chi connectivity index (χ0n) is 13.0. The summed E-state index contributed by atoms with van der Waals surface area (Å²) in [6.07, 6.45) is 2.93. The average Bonchev–Trinajstić information content (AvgIpc) is 2.43. The maximum absolute atomic E-state index is 12.1. The Morgan fingerprint density at radius 3 is 2.60 bits per heavy atom. The summed E-state index contributed by atoms with van der Waals surface area (Å²) in [5, 5.41) is 0. The van der Waals surface area contributed by atoms with Crippen molar-refractivity contribution in [3.05, 3.63) is 35.9 Å². The van der Waals surface area contributed by atoms with Crippen LogP contribution < -0.4 is 0 Å². The molecule has 1 aromatic carbocycles. The van der Waals surface area contributed by atoms with Gasteiger partial charge in [0.05, 0.1) is 0 Å². The van der Waals surface area contributed by atoms with Crippen molar-refractivity contribution in [1.82, 2.24) is 4.90 Å². The fraction of sp³-hybridized carbons (Fsp3) is 0.611. The number of carbonyl (C=O) groups excluding carboxylic acids is 1.